The molecule has 1 saturated heterocycles. The van der Waals surface area contributed by atoms with E-state index in [-0.39, 0.29) is 11.9 Å². The van der Waals surface area contributed by atoms with Gasteiger partial charge in [-0.15, -0.1) is 11.3 Å². The molecule has 0 unspecified atom stereocenters. The molecule has 0 spiro atoms. The SMILES string of the molecule is Cc1cccc(N2CCN(C(=O)c3cc4c(s3)-c3ccccc3OC4)C[C@@H]2C)c1. The Kier molecular flexibility index (Phi) is 4.55. The molecule has 2 aliphatic rings. The Bertz CT molecular complexity index is 1070. The average Bonchev–Trinajstić information content (AvgIpc) is 3.18. The van der Waals surface area contributed by atoms with Gasteiger partial charge in [0, 0.05) is 47.4 Å². The first-order valence-corrected chi connectivity index (χ1v) is 10.9. The Hall–Kier alpha value is -2.79. The lowest BCUT2D eigenvalue weighted by atomic mass is 10.1. The highest BCUT2D eigenvalue weighted by Gasteiger charge is 2.30. The second-order valence-corrected chi connectivity index (χ2v) is 8.93. The first kappa shape index (κ1) is 18.3. The van der Waals surface area contributed by atoms with Gasteiger partial charge in [0.25, 0.3) is 5.91 Å². The van der Waals surface area contributed by atoms with Gasteiger partial charge >= 0.3 is 0 Å². The zero-order valence-corrected chi connectivity index (χ0v) is 17.5. The maximum Gasteiger partial charge on any atom is 0.264 e. The third kappa shape index (κ3) is 3.29. The van der Waals surface area contributed by atoms with Gasteiger partial charge in [-0.05, 0) is 49.7 Å². The van der Waals surface area contributed by atoms with Crippen LogP contribution in [0.1, 0.15) is 27.7 Å². The number of carbonyl (C=O) groups excluding carboxylic acids is 1. The molecule has 1 amide bonds. The molecule has 0 bridgehead atoms. The molecule has 0 saturated carbocycles. The fraction of sp³-hybridized carbons (Fsp3) is 0.292. The van der Waals surface area contributed by atoms with Crippen molar-refractivity contribution in [2.45, 2.75) is 26.5 Å². The minimum Gasteiger partial charge on any atom is -0.488 e. The van der Waals surface area contributed by atoms with Crippen LogP contribution in [0.3, 0.4) is 0 Å². The number of nitrogens with zero attached hydrogens (tertiary/aromatic N) is 2. The number of fused-ring (bicyclic) bond motifs is 3. The number of para-hydroxylation sites is 1. The molecule has 0 radical (unpaired) electrons. The van der Waals surface area contributed by atoms with Gasteiger partial charge in [-0.1, -0.05) is 24.3 Å². The third-order valence-electron chi connectivity index (χ3n) is 5.78. The Morgan fingerprint density at radius 2 is 1.97 bits per heavy atom. The van der Waals surface area contributed by atoms with Gasteiger partial charge < -0.3 is 14.5 Å². The topological polar surface area (TPSA) is 32.8 Å². The lowest BCUT2D eigenvalue weighted by molar-refractivity contribution is 0.0731. The molecular weight excluding hydrogens is 380 g/mol. The zero-order chi connectivity index (χ0) is 20.0. The van der Waals surface area contributed by atoms with E-state index in [1.165, 1.54) is 16.1 Å². The number of rotatable bonds is 2. The monoisotopic (exact) mass is 404 g/mol. The van der Waals surface area contributed by atoms with Gasteiger partial charge in [0.1, 0.15) is 12.4 Å². The van der Waals surface area contributed by atoms with E-state index in [1.807, 2.05) is 29.2 Å². The molecule has 3 aromatic rings. The molecule has 0 aliphatic carbocycles. The van der Waals surface area contributed by atoms with Crippen molar-refractivity contribution in [1.82, 2.24) is 4.90 Å². The molecule has 0 N–H and O–H groups in total. The maximum absolute atomic E-state index is 13.2. The van der Waals surface area contributed by atoms with Crippen molar-refractivity contribution in [3.05, 3.63) is 70.6 Å². The van der Waals surface area contributed by atoms with E-state index in [9.17, 15) is 4.79 Å². The average molecular weight is 405 g/mol. The van der Waals surface area contributed by atoms with Crippen LogP contribution in [0, 0.1) is 6.92 Å². The van der Waals surface area contributed by atoms with Crippen LogP contribution in [0.25, 0.3) is 10.4 Å². The van der Waals surface area contributed by atoms with E-state index in [4.69, 9.17) is 4.74 Å². The quantitative estimate of drug-likeness (QED) is 0.605. The van der Waals surface area contributed by atoms with Crippen molar-refractivity contribution in [3.8, 4) is 16.2 Å². The summed E-state index contributed by atoms with van der Waals surface area (Å²) in [6, 6.07) is 19.0. The number of ether oxygens (including phenoxy) is 1. The lowest BCUT2D eigenvalue weighted by Gasteiger charge is -2.41. The standard InChI is InChI=1S/C24H24N2O2S/c1-16-6-5-7-19(12-16)26-11-10-25(14-17(26)2)24(27)22-13-18-15-28-21-9-4-3-8-20(21)23(18)29-22/h3-9,12-13,17H,10-11,14-15H2,1-2H3/t17-/m0/s1. The third-order valence-corrected chi connectivity index (χ3v) is 6.98. The molecule has 3 heterocycles. The molecule has 148 valence electrons. The number of hydrogen-bond donors (Lipinski definition) is 0. The molecule has 5 rings (SSSR count). The zero-order valence-electron chi connectivity index (χ0n) is 16.7. The smallest absolute Gasteiger partial charge is 0.264 e. The summed E-state index contributed by atoms with van der Waals surface area (Å²) in [7, 11) is 0. The van der Waals surface area contributed by atoms with Crippen LogP contribution in [-0.4, -0.2) is 36.5 Å². The number of benzene rings is 2. The second kappa shape index (κ2) is 7.23. The number of aryl methyl sites for hydroxylation is 1. The molecule has 29 heavy (non-hydrogen) atoms. The van der Waals surface area contributed by atoms with Crippen LogP contribution in [0.4, 0.5) is 5.69 Å². The van der Waals surface area contributed by atoms with Crippen molar-refractivity contribution in [3.63, 3.8) is 0 Å². The van der Waals surface area contributed by atoms with Gasteiger partial charge in [-0.25, -0.2) is 0 Å². The Morgan fingerprint density at radius 1 is 1.10 bits per heavy atom. The summed E-state index contributed by atoms with van der Waals surface area (Å²) in [5.41, 5.74) is 4.71. The second-order valence-electron chi connectivity index (χ2n) is 7.88. The molecular formula is C24H24N2O2S. The summed E-state index contributed by atoms with van der Waals surface area (Å²) < 4.78 is 5.85. The normalized spacial score (nSPS) is 18.1. The van der Waals surface area contributed by atoms with E-state index in [0.717, 1.165) is 41.4 Å². The Balaban J connectivity index is 1.35. The summed E-state index contributed by atoms with van der Waals surface area (Å²) in [6.07, 6.45) is 0. The highest BCUT2D eigenvalue weighted by atomic mass is 32.1. The van der Waals surface area contributed by atoms with Gasteiger partial charge in [0.05, 0.1) is 4.88 Å². The molecule has 4 nitrogen and oxygen atoms in total. The molecule has 1 aromatic heterocycles. The first-order valence-electron chi connectivity index (χ1n) is 10.1. The van der Waals surface area contributed by atoms with E-state index >= 15 is 0 Å². The number of hydrogen-bond acceptors (Lipinski definition) is 4. The summed E-state index contributed by atoms with van der Waals surface area (Å²) >= 11 is 1.60. The van der Waals surface area contributed by atoms with Crippen LogP contribution < -0.4 is 9.64 Å². The number of thiophene rings is 1. The lowest BCUT2D eigenvalue weighted by Crippen LogP contribution is -2.53. The summed E-state index contributed by atoms with van der Waals surface area (Å²) in [4.78, 5) is 19.6. The maximum atomic E-state index is 13.2. The Labute approximate surface area is 175 Å². The van der Waals surface area contributed by atoms with Crippen molar-refractivity contribution >= 4 is 22.9 Å². The Morgan fingerprint density at radius 3 is 2.79 bits per heavy atom. The molecule has 1 atom stereocenters. The highest BCUT2D eigenvalue weighted by Crippen LogP contribution is 2.42. The first-order chi connectivity index (χ1) is 14.1. The highest BCUT2D eigenvalue weighted by molar-refractivity contribution is 7.17. The van der Waals surface area contributed by atoms with Gasteiger partial charge in [0.2, 0.25) is 0 Å². The van der Waals surface area contributed by atoms with Crippen molar-refractivity contribution in [2.24, 2.45) is 0 Å². The molecule has 5 heteroatoms. The minimum absolute atomic E-state index is 0.137. The fourth-order valence-corrected chi connectivity index (χ4v) is 5.46. The number of carbonyl (C=O) groups is 1. The van der Waals surface area contributed by atoms with Crippen LogP contribution >= 0.6 is 11.3 Å². The minimum atomic E-state index is 0.137. The van der Waals surface area contributed by atoms with Crippen LogP contribution in [0.2, 0.25) is 0 Å². The van der Waals surface area contributed by atoms with Crippen molar-refractivity contribution in [1.29, 1.82) is 0 Å². The number of piperazine rings is 1. The summed E-state index contributed by atoms with van der Waals surface area (Å²) in [5, 5.41) is 0. The largest absolute Gasteiger partial charge is 0.488 e. The predicted octanol–water partition coefficient (Wildman–Crippen LogP) is 4.97. The number of anilines is 1. The van der Waals surface area contributed by atoms with Gasteiger partial charge in [-0.2, -0.15) is 0 Å². The van der Waals surface area contributed by atoms with Crippen LogP contribution in [-0.2, 0) is 6.61 Å². The van der Waals surface area contributed by atoms with Crippen LogP contribution in [0.15, 0.2) is 54.6 Å². The summed E-state index contributed by atoms with van der Waals surface area (Å²) in [6.45, 7) is 7.19. The predicted molar refractivity (Wildman–Crippen MR) is 118 cm³/mol. The van der Waals surface area contributed by atoms with Crippen molar-refractivity contribution in [2.75, 3.05) is 24.5 Å². The molecule has 2 aliphatic heterocycles. The summed E-state index contributed by atoms with van der Waals surface area (Å²) in [5.74, 6) is 1.04. The van der Waals surface area contributed by atoms with Gasteiger partial charge in [-0.3, -0.25) is 4.79 Å². The molecule has 2 aromatic carbocycles. The van der Waals surface area contributed by atoms with E-state index in [2.05, 4.69) is 49.1 Å². The van der Waals surface area contributed by atoms with Gasteiger partial charge in [0.15, 0.2) is 0 Å². The van der Waals surface area contributed by atoms with E-state index < -0.39 is 0 Å². The van der Waals surface area contributed by atoms with Crippen LogP contribution in [0.5, 0.6) is 5.75 Å². The van der Waals surface area contributed by atoms with E-state index in [0.29, 0.717) is 6.61 Å². The van der Waals surface area contributed by atoms with Crippen molar-refractivity contribution < 1.29 is 9.53 Å². The number of amides is 1. The molecule has 1 fully saturated rings. The fourth-order valence-electron chi connectivity index (χ4n) is 4.29. The van der Waals surface area contributed by atoms with E-state index in [1.54, 1.807) is 11.3 Å².